The molecule has 0 aliphatic heterocycles. The largest absolute Gasteiger partial charge is 0.466 e. The molecule has 0 aliphatic rings. The van der Waals surface area contributed by atoms with Crippen LogP contribution in [0.1, 0.15) is 303 Å². The van der Waals surface area contributed by atoms with Crippen LogP contribution in [0, 0.1) is 0 Å². The fourth-order valence-electron chi connectivity index (χ4n) is 8.63. The van der Waals surface area contributed by atoms with Gasteiger partial charge in [-0.05, 0) is 57.8 Å². The van der Waals surface area contributed by atoms with Crippen LogP contribution in [0.4, 0.5) is 0 Å². The van der Waals surface area contributed by atoms with E-state index in [1.165, 1.54) is 231 Å². The Balaban J connectivity index is 3.37. The summed E-state index contributed by atoms with van der Waals surface area (Å²) in [7, 11) is 0. The summed E-state index contributed by atoms with van der Waals surface area (Å²) in [5, 5.41) is 23.0. The number of amides is 1. The summed E-state index contributed by atoms with van der Waals surface area (Å²) in [5.74, 6) is -0.0647. The van der Waals surface area contributed by atoms with Crippen LogP contribution in [-0.4, -0.2) is 47.4 Å². The van der Waals surface area contributed by atoms with Crippen molar-refractivity contribution in [3.8, 4) is 0 Å². The van der Waals surface area contributed by atoms with E-state index >= 15 is 0 Å². The SMILES string of the molecule is CCCCCC/C=C\CCCCCCCC(=O)OCCCCCCCCCCCCCCCCCCCCCCCCCC(=O)NC(CO)C(O)/C=C/CCCCCCCCCC. The number of hydrogen-bond acceptors (Lipinski definition) is 5. The molecule has 0 radical (unpaired) electrons. The van der Waals surface area contributed by atoms with Gasteiger partial charge in [0, 0.05) is 12.8 Å². The summed E-state index contributed by atoms with van der Waals surface area (Å²) < 4.78 is 5.47. The lowest BCUT2D eigenvalue weighted by Gasteiger charge is -2.20. The number of nitrogens with one attached hydrogen (secondary N) is 1. The van der Waals surface area contributed by atoms with Gasteiger partial charge in [-0.15, -0.1) is 0 Å². The average molecular weight is 889 g/mol. The predicted molar refractivity (Wildman–Crippen MR) is 273 cm³/mol. The summed E-state index contributed by atoms with van der Waals surface area (Å²) in [6.45, 7) is 4.87. The van der Waals surface area contributed by atoms with Gasteiger partial charge in [0.05, 0.1) is 25.4 Å². The lowest BCUT2D eigenvalue weighted by Crippen LogP contribution is -2.45. The number of hydrogen-bond donors (Lipinski definition) is 3. The molecule has 2 atom stereocenters. The Hall–Kier alpha value is -1.66. The summed E-state index contributed by atoms with van der Waals surface area (Å²) in [6, 6.07) is -0.625. The fourth-order valence-corrected chi connectivity index (χ4v) is 8.63. The zero-order valence-electron chi connectivity index (χ0n) is 42.3. The van der Waals surface area contributed by atoms with Gasteiger partial charge in [-0.1, -0.05) is 256 Å². The van der Waals surface area contributed by atoms with Gasteiger partial charge in [0.2, 0.25) is 5.91 Å². The van der Waals surface area contributed by atoms with E-state index in [4.69, 9.17) is 4.74 Å². The van der Waals surface area contributed by atoms with Crippen LogP contribution in [0.25, 0.3) is 0 Å². The normalized spacial score (nSPS) is 12.8. The number of aliphatic hydroxyl groups excluding tert-OH is 2. The highest BCUT2D eigenvalue weighted by Gasteiger charge is 2.18. The van der Waals surface area contributed by atoms with E-state index in [0.717, 1.165) is 44.9 Å². The molecule has 3 N–H and O–H groups in total. The molecule has 0 aromatic rings. The average Bonchev–Trinajstić information content (AvgIpc) is 3.28. The lowest BCUT2D eigenvalue weighted by atomic mass is 10.0. The minimum atomic E-state index is -0.841. The number of allylic oxidation sites excluding steroid dienone is 3. The Morgan fingerprint density at radius 3 is 1.14 bits per heavy atom. The van der Waals surface area contributed by atoms with Gasteiger partial charge in [0.25, 0.3) is 0 Å². The van der Waals surface area contributed by atoms with E-state index in [-0.39, 0.29) is 18.5 Å². The van der Waals surface area contributed by atoms with Gasteiger partial charge in [0.15, 0.2) is 0 Å². The van der Waals surface area contributed by atoms with Gasteiger partial charge < -0.3 is 20.3 Å². The molecular formula is C57H109NO5. The zero-order chi connectivity index (χ0) is 45.8. The maximum atomic E-state index is 12.4. The summed E-state index contributed by atoms with van der Waals surface area (Å²) >= 11 is 0. The van der Waals surface area contributed by atoms with Crippen LogP contribution in [0.2, 0.25) is 0 Å². The van der Waals surface area contributed by atoms with Gasteiger partial charge in [-0.3, -0.25) is 9.59 Å². The Morgan fingerprint density at radius 2 is 0.746 bits per heavy atom. The van der Waals surface area contributed by atoms with Crippen LogP contribution in [0.15, 0.2) is 24.3 Å². The maximum absolute atomic E-state index is 12.4. The van der Waals surface area contributed by atoms with E-state index < -0.39 is 12.1 Å². The van der Waals surface area contributed by atoms with E-state index in [2.05, 4.69) is 31.3 Å². The van der Waals surface area contributed by atoms with Gasteiger partial charge in [-0.2, -0.15) is 0 Å². The van der Waals surface area contributed by atoms with Crippen molar-refractivity contribution in [3.05, 3.63) is 24.3 Å². The second-order valence-corrected chi connectivity index (χ2v) is 19.3. The van der Waals surface area contributed by atoms with Crippen LogP contribution in [0.5, 0.6) is 0 Å². The van der Waals surface area contributed by atoms with Crippen molar-refractivity contribution >= 4 is 11.9 Å². The smallest absolute Gasteiger partial charge is 0.305 e. The molecule has 0 aromatic carbocycles. The first-order chi connectivity index (χ1) is 31.0. The number of rotatable bonds is 52. The van der Waals surface area contributed by atoms with Crippen LogP contribution in [0.3, 0.4) is 0 Å². The molecule has 0 saturated heterocycles. The molecule has 1 amide bonds. The minimum Gasteiger partial charge on any atom is -0.466 e. The van der Waals surface area contributed by atoms with Crippen molar-refractivity contribution in [2.45, 2.75) is 315 Å². The molecule has 0 fully saturated rings. The third kappa shape index (κ3) is 49.6. The summed E-state index contributed by atoms with van der Waals surface area (Å²) in [5.41, 5.74) is 0. The van der Waals surface area contributed by atoms with Crippen LogP contribution >= 0.6 is 0 Å². The summed E-state index contributed by atoms with van der Waals surface area (Å²) in [6.07, 6.45) is 63.5. The lowest BCUT2D eigenvalue weighted by molar-refractivity contribution is -0.143. The van der Waals surface area contributed by atoms with E-state index in [9.17, 15) is 19.8 Å². The molecule has 6 nitrogen and oxygen atoms in total. The maximum Gasteiger partial charge on any atom is 0.305 e. The van der Waals surface area contributed by atoms with Crippen molar-refractivity contribution in [2.24, 2.45) is 0 Å². The highest BCUT2D eigenvalue weighted by atomic mass is 16.5. The zero-order valence-corrected chi connectivity index (χ0v) is 42.3. The van der Waals surface area contributed by atoms with E-state index in [1.807, 2.05) is 6.08 Å². The number of aliphatic hydroxyl groups is 2. The molecule has 0 heterocycles. The highest BCUT2D eigenvalue weighted by molar-refractivity contribution is 5.76. The van der Waals surface area contributed by atoms with Crippen molar-refractivity contribution in [1.29, 1.82) is 0 Å². The van der Waals surface area contributed by atoms with Crippen LogP contribution < -0.4 is 5.32 Å². The Bertz CT molecular complexity index is 982. The first kappa shape index (κ1) is 61.3. The molecule has 63 heavy (non-hydrogen) atoms. The molecule has 2 unspecified atom stereocenters. The Kier molecular flexibility index (Phi) is 51.6. The molecular weight excluding hydrogens is 779 g/mol. The third-order valence-corrected chi connectivity index (χ3v) is 13.0. The third-order valence-electron chi connectivity index (χ3n) is 13.0. The molecule has 6 heteroatoms. The highest BCUT2D eigenvalue weighted by Crippen LogP contribution is 2.17. The monoisotopic (exact) mass is 888 g/mol. The van der Waals surface area contributed by atoms with Crippen molar-refractivity contribution in [3.63, 3.8) is 0 Å². The number of ether oxygens (including phenoxy) is 1. The minimum absolute atomic E-state index is 0.00436. The quantitative estimate of drug-likeness (QED) is 0.0321. The molecule has 372 valence electrons. The molecule has 0 bridgehead atoms. The second-order valence-electron chi connectivity index (χ2n) is 19.3. The van der Waals surface area contributed by atoms with E-state index in [1.54, 1.807) is 6.08 Å². The number of carbonyl (C=O) groups is 2. The first-order valence-corrected chi connectivity index (χ1v) is 28.1. The van der Waals surface area contributed by atoms with Crippen molar-refractivity contribution in [2.75, 3.05) is 13.2 Å². The number of esters is 1. The van der Waals surface area contributed by atoms with Crippen molar-refractivity contribution in [1.82, 2.24) is 5.32 Å². The number of carbonyl (C=O) groups excluding carboxylic acids is 2. The number of unbranched alkanes of at least 4 members (excludes halogenated alkanes) is 39. The fraction of sp³-hybridized carbons (Fsp3) is 0.895. The Morgan fingerprint density at radius 1 is 0.429 bits per heavy atom. The molecule has 0 spiro atoms. The topological polar surface area (TPSA) is 95.9 Å². The molecule has 0 aromatic heterocycles. The predicted octanol–water partition coefficient (Wildman–Crippen LogP) is 17.1. The standard InChI is InChI=1S/C57H109NO5/c1-3-5-7-9-11-13-15-27-31-35-39-43-47-51-57(62)63-52-48-44-40-36-32-29-26-24-22-20-18-16-17-19-21-23-25-28-30-34-38-42-46-50-56(61)58-54(53-59)55(60)49-45-41-37-33-14-12-10-8-6-4-2/h13,15,45,49,54-55,59-60H,3-12,14,16-44,46-48,50-53H2,1-2H3,(H,58,61)/b15-13-,49-45+. The first-order valence-electron chi connectivity index (χ1n) is 28.1. The van der Waals surface area contributed by atoms with Crippen LogP contribution in [-0.2, 0) is 14.3 Å². The second kappa shape index (κ2) is 53.0. The molecule has 0 saturated carbocycles. The molecule has 0 aliphatic carbocycles. The van der Waals surface area contributed by atoms with Gasteiger partial charge >= 0.3 is 5.97 Å². The van der Waals surface area contributed by atoms with Crippen molar-refractivity contribution < 1.29 is 24.5 Å². The van der Waals surface area contributed by atoms with Gasteiger partial charge in [0.1, 0.15) is 0 Å². The molecule has 0 rings (SSSR count). The van der Waals surface area contributed by atoms with Gasteiger partial charge in [-0.25, -0.2) is 0 Å². The van der Waals surface area contributed by atoms with E-state index in [0.29, 0.717) is 19.4 Å². The summed E-state index contributed by atoms with van der Waals surface area (Å²) in [4.78, 5) is 24.4. The Labute approximate surface area is 392 Å².